The van der Waals surface area contributed by atoms with Crippen LogP contribution in [0.5, 0.6) is 5.75 Å². The Hall–Kier alpha value is -3.35. The molecule has 3 aromatic rings. The molecule has 0 aliphatic carbocycles. The molecule has 2 amide bonds. The highest BCUT2D eigenvalue weighted by Gasteiger charge is 2.06. The van der Waals surface area contributed by atoms with Crippen LogP contribution in [0.2, 0.25) is 0 Å². The van der Waals surface area contributed by atoms with E-state index in [4.69, 9.17) is 4.74 Å². The zero-order chi connectivity index (χ0) is 18.9. The second kappa shape index (κ2) is 9.38. The predicted molar refractivity (Wildman–Crippen MR) is 102 cm³/mol. The minimum Gasteiger partial charge on any atom is -0.484 e. The van der Waals surface area contributed by atoms with Gasteiger partial charge in [-0.2, -0.15) is 0 Å². The number of imidazole rings is 1. The van der Waals surface area contributed by atoms with E-state index in [2.05, 4.69) is 20.2 Å². The molecule has 0 saturated heterocycles. The van der Waals surface area contributed by atoms with Crippen LogP contribution < -0.4 is 15.4 Å². The lowest BCUT2D eigenvalue weighted by molar-refractivity contribution is -0.127. The zero-order valence-electron chi connectivity index (χ0n) is 14.9. The summed E-state index contributed by atoms with van der Waals surface area (Å²) in [5, 5.41) is 5.33. The van der Waals surface area contributed by atoms with Crippen LogP contribution in [0.4, 0.5) is 0 Å². The summed E-state index contributed by atoms with van der Waals surface area (Å²) in [6.07, 6.45) is 2.58. The third kappa shape index (κ3) is 5.57. The molecule has 0 unspecified atom stereocenters. The number of carbonyl (C=O) groups is 2. The van der Waals surface area contributed by atoms with Gasteiger partial charge in [-0.15, -0.1) is 0 Å². The van der Waals surface area contributed by atoms with Gasteiger partial charge in [0.25, 0.3) is 5.91 Å². The Bertz CT molecular complexity index is 892. The van der Waals surface area contributed by atoms with Crippen molar-refractivity contribution in [1.29, 1.82) is 0 Å². The molecule has 0 aliphatic rings. The Morgan fingerprint density at radius 3 is 2.59 bits per heavy atom. The summed E-state index contributed by atoms with van der Waals surface area (Å²) in [6.45, 7) is 1.11. The van der Waals surface area contributed by atoms with Crippen LogP contribution in [0.15, 0.2) is 60.9 Å². The highest BCUT2D eigenvalue weighted by atomic mass is 16.5. The molecule has 0 aliphatic heterocycles. The van der Waals surface area contributed by atoms with Gasteiger partial charge in [-0.25, -0.2) is 4.98 Å². The standard InChI is InChI=1S/C20H22N4O3/c25-19(13-22-20(26)14-27-16-7-2-1-3-8-16)21-11-6-12-24-15-23-17-9-4-5-10-18(17)24/h1-5,7-10,15H,6,11-14H2,(H,21,25)(H,22,26). The maximum atomic E-state index is 11.8. The Balaban J connectivity index is 1.30. The van der Waals surface area contributed by atoms with Crippen LogP contribution in [-0.4, -0.2) is 41.1 Å². The maximum absolute atomic E-state index is 11.8. The second-order valence-electron chi connectivity index (χ2n) is 6.01. The fraction of sp³-hybridized carbons (Fsp3) is 0.250. The van der Waals surface area contributed by atoms with Crippen LogP contribution >= 0.6 is 0 Å². The third-order valence-electron chi connectivity index (χ3n) is 3.98. The second-order valence-corrected chi connectivity index (χ2v) is 6.01. The van der Waals surface area contributed by atoms with Crippen LogP contribution in [0.1, 0.15) is 6.42 Å². The number of nitrogens with zero attached hydrogens (tertiary/aromatic N) is 2. The van der Waals surface area contributed by atoms with Crippen LogP contribution in [-0.2, 0) is 16.1 Å². The fourth-order valence-corrected chi connectivity index (χ4v) is 2.62. The summed E-state index contributed by atoms with van der Waals surface area (Å²) >= 11 is 0. The van der Waals surface area contributed by atoms with Gasteiger partial charge in [0, 0.05) is 13.1 Å². The number of amides is 2. The molecule has 0 bridgehead atoms. The monoisotopic (exact) mass is 366 g/mol. The molecule has 0 fully saturated rings. The molecule has 140 valence electrons. The fourth-order valence-electron chi connectivity index (χ4n) is 2.62. The molecule has 7 heteroatoms. The van der Waals surface area contributed by atoms with E-state index in [-0.39, 0.29) is 25.0 Å². The Morgan fingerprint density at radius 1 is 0.963 bits per heavy atom. The van der Waals surface area contributed by atoms with Crippen molar-refractivity contribution in [2.45, 2.75) is 13.0 Å². The zero-order valence-corrected chi connectivity index (χ0v) is 14.9. The number of aryl methyl sites for hydroxylation is 1. The normalized spacial score (nSPS) is 10.5. The summed E-state index contributed by atoms with van der Waals surface area (Å²) in [7, 11) is 0. The lowest BCUT2D eigenvalue weighted by atomic mass is 10.3. The van der Waals surface area contributed by atoms with Gasteiger partial charge < -0.3 is 19.9 Å². The van der Waals surface area contributed by atoms with Crippen molar-refractivity contribution >= 4 is 22.8 Å². The molecule has 0 atom stereocenters. The lowest BCUT2D eigenvalue weighted by Crippen LogP contribution is -2.39. The van der Waals surface area contributed by atoms with Gasteiger partial charge in [0.2, 0.25) is 5.91 Å². The van der Waals surface area contributed by atoms with Crippen molar-refractivity contribution in [1.82, 2.24) is 20.2 Å². The average molecular weight is 366 g/mol. The number of ether oxygens (including phenoxy) is 1. The highest BCUT2D eigenvalue weighted by Crippen LogP contribution is 2.11. The maximum Gasteiger partial charge on any atom is 0.258 e. The van der Waals surface area contributed by atoms with Crippen molar-refractivity contribution in [2.75, 3.05) is 19.7 Å². The number of carbonyl (C=O) groups excluding carboxylic acids is 2. The molecular weight excluding hydrogens is 344 g/mol. The topological polar surface area (TPSA) is 85.3 Å². The quantitative estimate of drug-likeness (QED) is 0.565. The van der Waals surface area contributed by atoms with E-state index in [1.807, 2.05) is 42.5 Å². The molecule has 27 heavy (non-hydrogen) atoms. The minimum absolute atomic E-state index is 0.0645. The molecule has 7 nitrogen and oxygen atoms in total. The number of nitrogens with one attached hydrogen (secondary N) is 2. The van der Waals surface area contributed by atoms with Gasteiger partial charge >= 0.3 is 0 Å². The summed E-state index contributed by atoms with van der Waals surface area (Å²) in [5.74, 6) is 0.0570. The van der Waals surface area contributed by atoms with Gasteiger partial charge in [0.15, 0.2) is 6.61 Å². The first-order valence-electron chi connectivity index (χ1n) is 8.83. The first kappa shape index (κ1) is 18.4. The van der Waals surface area contributed by atoms with Gasteiger partial charge in [0.05, 0.1) is 23.9 Å². The minimum atomic E-state index is -0.334. The summed E-state index contributed by atoms with van der Waals surface area (Å²) in [5.41, 5.74) is 2.04. The molecule has 0 saturated carbocycles. The van der Waals surface area contributed by atoms with E-state index in [1.165, 1.54) is 0 Å². The van der Waals surface area contributed by atoms with E-state index in [0.29, 0.717) is 12.3 Å². The molecule has 3 rings (SSSR count). The molecule has 0 radical (unpaired) electrons. The lowest BCUT2D eigenvalue weighted by Gasteiger charge is -2.09. The molecule has 2 N–H and O–H groups in total. The largest absolute Gasteiger partial charge is 0.484 e. The Labute approximate surface area is 157 Å². The van der Waals surface area contributed by atoms with E-state index in [9.17, 15) is 9.59 Å². The average Bonchev–Trinajstić information content (AvgIpc) is 3.12. The summed E-state index contributed by atoms with van der Waals surface area (Å²) < 4.78 is 7.38. The SMILES string of the molecule is O=C(CNC(=O)COc1ccccc1)NCCCn1cnc2ccccc21. The van der Waals surface area contributed by atoms with E-state index >= 15 is 0 Å². The third-order valence-corrected chi connectivity index (χ3v) is 3.98. The number of aromatic nitrogens is 2. The first-order valence-corrected chi connectivity index (χ1v) is 8.83. The smallest absolute Gasteiger partial charge is 0.258 e. The van der Waals surface area contributed by atoms with Crippen LogP contribution in [0.25, 0.3) is 11.0 Å². The van der Waals surface area contributed by atoms with Gasteiger partial charge in [-0.05, 0) is 30.7 Å². The van der Waals surface area contributed by atoms with Gasteiger partial charge in [-0.3, -0.25) is 9.59 Å². The molecule has 1 aromatic heterocycles. The van der Waals surface area contributed by atoms with Crippen LogP contribution in [0.3, 0.4) is 0 Å². The summed E-state index contributed by atoms with van der Waals surface area (Å²) in [6, 6.07) is 17.0. The molecule has 2 aromatic carbocycles. The van der Waals surface area contributed by atoms with E-state index in [0.717, 1.165) is 24.0 Å². The van der Waals surface area contributed by atoms with Gasteiger partial charge in [0.1, 0.15) is 5.75 Å². The number of fused-ring (bicyclic) bond motifs is 1. The predicted octanol–water partition coefficient (Wildman–Crippen LogP) is 1.74. The number of hydrogen-bond donors (Lipinski definition) is 2. The molecule has 1 heterocycles. The molecular formula is C20H22N4O3. The van der Waals surface area contributed by atoms with Crippen molar-refractivity contribution < 1.29 is 14.3 Å². The Morgan fingerprint density at radius 2 is 1.74 bits per heavy atom. The number of rotatable bonds is 9. The number of benzene rings is 2. The first-order chi connectivity index (χ1) is 13.2. The Kier molecular flexibility index (Phi) is 6.40. The number of para-hydroxylation sites is 3. The van der Waals surface area contributed by atoms with E-state index < -0.39 is 0 Å². The van der Waals surface area contributed by atoms with Crippen molar-refractivity contribution in [3.8, 4) is 5.75 Å². The summed E-state index contributed by atoms with van der Waals surface area (Å²) in [4.78, 5) is 27.9. The van der Waals surface area contributed by atoms with E-state index in [1.54, 1.807) is 18.5 Å². The molecule has 0 spiro atoms. The van der Waals surface area contributed by atoms with Crippen molar-refractivity contribution in [3.63, 3.8) is 0 Å². The van der Waals surface area contributed by atoms with Gasteiger partial charge in [-0.1, -0.05) is 30.3 Å². The van der Waals surface area contributed by atoms with Crippen molar-refractivity contribution in [3.05, 3.63) is 60.9 Å². The number of hydrogen-bond acceptors (Lipinski definition) is 4. The highest BCUT2D eigenvalue weighted by molar-refractivity contribution is 5.85. The van der Waals surface area contributed by atoms with Crippen molar-refractivity contribution in [2.24, 2.45) is 0 Å². The van der Waals surface area contributed by atoms with Crippen LogP contribution in [0, 0.1) is 0 Å².